The first kappa shape index (κ1) is 20.2. The number of methoxy groups -OCH3 is 2. The fourth-order valence-electron chi connectivity index (χ4n) is 5.32. The largest absolute Gasteiger partial charge is 0.497 e. The number of fused-ring (bicyclic) bond motifs is 1. The maximum absolute atomic E-state index is 11.5. The summed E-state index contributed by atoms with van der Waals surface area (Å²) < 4.78 is 11.2. The van der Waals surface area contributed by atoms with Gasteiger partial charge in [-0.1, -0.05) is 48.7 Å². The summed E-state index contributed by atoms with van der Waals surface area (Å²) in [6.07, 6.45) is 5.11. The number of piperidine rings is 1. The van der Waals surface area contributed by atoms with E-state index in [9.17, 15) is 5.11 Å². The van der Waals surface area contributed by atoms with Crippen LogP contribution in [0.4, 0.5) is 0 Å². The van der Waals surface area contributed by atoms with Crippen LogP contribution in [0.3, 0.4) is 0 Å². The molecule has 4 rings (SSSR count). The maximum atomic E-state index is 11.5. The molecule has 2 fully saturated rings. The predicted molar refractivity (Wildman–Crippen MR) is 115 cm³/mol. The molecular formula is C25H33NO3. The molecule has 2 aromatic carbocycles. The van der Waals surface area contributed by atoms with E-state index in [2.05, 4.69) is 42.2 Å². The summed E-state index contributed by atoms with van der Waals surface area (Å²) in [6.45, 7) is 3.89. The second-order valence-electron chi connectivity index (χ2n) is 8.71. The second-order valence-corrected chi connectivity index (χ2v) is 8.71. The highest BCUT2D eigenvalue weighted by atomic mass is 16.5. The molecule has 0 aromatic heterocycles. The van der Waals surface area contributed by atoms with Crippen LogP contribution in [-0.4, -0.2) is 36.4 Å². The lowest BCUT2D eigenvalue weighted by Crippen LogP contribution is -2.54. The molecule has 2 aliphatic rings. The summed E-state index contributed by atoms with van der Waals surface area (Å²) in [5, 5.41) is 11.5. The number of aryl methyl sites for hydroxylation is 1. The Hall–Kier alpha value is -2.04. The first-order valence-corrected chi connectivity index (χ1v) is 10.8. The molecule has 4 heteroatoms. The van der Waals surface area contributed by atoms with Crippen molar-refractivity contribution >= 4 is 0 Å². The second kappa shape index (κ2) is 8.37. The molecule has 2 aromatic rings. The summed E-state index contributed by atoms with van der Waals surface area (Å²) >= 11 is 0. The van der Waals surface area contributed by atoms with Gasteiger partial charge in [0.25, 0.3) is 0 Å². The summed E-state index contributed by atoms with van der Waals surface area (Å²) in [4.78, 5) is 2.54. The monoisotopic (exact) mass is 395 g/mol. The zero-order valence-corrected chi connectivity index (χ0v) is 17.9. The lowest BCUT2D eigenvalue weighted by molar-refractivity contribution is -0.126. The van der Waals surface area contributed by atoms with E-state index in [4.69, 9.17) is 9.47 Å². The van der Waals surface area contributed by atoms with Crippen LogP contribution in [0.5, 0.6) is 11.5 Å². The van der Waals surface area contributed by atoms with Crippen molar-refractivity contribution in [1.29, 1.82) is 0 Å². The number of aliphatic hydroxyl groups is 1. The summed E-state index contributed by atoms with van der Waals surface area (Å²) in [6, 6.07) is 15.0. The van der Waals surface area contributed by atoms with Gasteiger partial charge in [0, 0.05) is 36.7 Å². The van der Waals surface area contributed by atoms with E-state index in [1.54, 1.807) is 14.2 Å². The van der Waals surface area contributed by atoms with Crippen molar-refractivity contribution in [3.63, 3.8) is 0 Å². The van der Waals surface area contributed by atoms with Crippen LogP contribution in [0.25, 0.3) is 0 Å². The van der Waals surface area contributed by atoms with Gasteiger partial charge in [0.2, 0.25) is 0 Å². The zero-order valence-electron chi connectivity index (χ0n) is 17.9. The Morgan fingerprint density at radius 2 is 1.83 bits per heavy atom. The Balaban J connectivity index is 1.73. The number of hydrogen-bond donors (Lipinski definition) is 1. The van der Waals surface area contributed by atoms with Gasteiger partial charge in [-0.25, -0.2) is 0 Å². The van der Waals surface area contributed by atoms with E-state index in [0.717, 1.165) is 55.8 Å². The molecule has 4 nitrogen and oxygen atoms in total. The van der Waals surface area contributed by atoms with Crippen LogP contribution in [0.1, 0.15) is 54.8 Å². The molecule has 1 N–H and O–H groups in total. The number of nitrogens with zero attached hydrogens (tertiary/aromatic N) is 1. The highest BCUT2D eigenvalue weighted by molar-refractivity contribution is 5.43. The molecule has 0 amide bonds. The van der Waals surface area contributed by atoms with Crippen LogP contribution < -0.4 is 9.47 Å². The molecule has 1 aliphatic carbocycles. The zero-order chi connectivity index (χ0) is 20.4. The summed E-state index contributed by atoms with van der Waals surface area (Å²) in [5.74, 6) is 1.86. The van der Waals surface area contributed by atoms with E-state index in [-0.39, 0.29) is 12.0 Å². The maximum Gasteiger partial charge on any atom is 0.127 e. The first-order valence-electron chi connectivity index (χ1n) is 10.8. The Labute approximate surface area is 174 Å². The van der Waals surface area contributed by atoms with Gasteiger partial charge in [-0.05, 0) is 37.8 Å². The van der Waals surface area contributed by atoms with E-state index in [0.29, 0.717) is 0 Å². The van der Waals surface area contributed by atoms with Crippen molar-refractivity contribution in [2.45, 2.75) is 57.2 Å². The quantitative estimate of drug-likeness (QED) is 0.783. The molecular weight excluding hydrogens is 362 g/mol. The Morgan fingerprint density at radius 3 is 2.55 bits per heavy atom. The third-order valence-corrected chi connectivity index (χ3v) is 6.94. The van der Waals surface area contributed by atoms with Crippen LogP contribution >= 0.6 is 0 Å². The van der Waals surface area contributed by atoms with Gasteiger partial charge in [0.05, 0.1) is 19.8 Å². The highest BCUT2D eigenvalue weighted by Crippen LogP contribution is 2.51. The molecule has 0 bridgehead atoms. The van der Waals surface area contributed by atoms with Gasteiger partial charge in [0.1, 0.15) is 11.5 Å². The van der Waals surface area contributed by atoms with Gasteiger partial charge >= 0.3 is 0 Å². The van der Waals surface area contributed by atoms with Crippen LogP contribution in [-0.2, 0) is 6.54 Å². The number of likely N-dealkylation sites (tertiary alicyclic amines) is 1. The Kier molecular flexibility index (Phi) is 5.84. The average molecular weight is 396 g/mol. The van der Waals surface area contributed by atoms with E-state index in [1.165, 1.54) is 17.5 Å². The first-order chi connectivity index (χ1) is 14.0. The SMILES string of the molecule is COc1ccc([C@H]2[C@H]3CCCC[C@]3(O)CCN2Cc2ccc(C)cc2)c(OC)c1. The fourth-order valence-corrected chi connectivity index (χ4v) is 5.32. The third kappa shape index (κ3) is 4.01. The molecule has 1 aliphatic heterocycles. The van der Waals surface area contributed by atoms with E-state index >= 15 is 0 Å². The number of hydrogen-bond acceptors (Lipinski definition) is 4. The molecule has 29 heavy (non-hydrogen) atoms. The molecule has 3 atom stereocenters. The van der Waals surface area contributed by atoms with Crippen LogP contribution in [0.15, 0.2) is 42.5 Å². The van der Waals surface area contributed by atoms with E-state index in [1.807, 2.05) is 12.1 Å². The normalized spacial score (nSPS) is 27.3. The molecule has 1 saturated heterocycles. The fraction of sp³-hybridized carbons (Fsp3) is 0.520. The number of ether oxygens (including phenoxy) is 2. The number of rotatable bonds is 5. The lowest BCUT2D eigenvalue weighted by Gasteiger charge is -2.53. The molecule has 156 valence electrons. The highest BCUT2D eigenvalue weighted by Gasteiger charge is 2.49. The van der Waals surface area contributed by atoms with Crippen molar-refractivity contribution in [1.82, 2.24) is 4.90 Å². The van der Waals surface area contributed by atoms with Crippen molar-refractivity contribution in [3.8, 4) is 11.5 Å². The van der Waals surface area contributed by atoms with Gasteiger partial charge < -0.3 is 14.6 Å². The Morgan fingerprint density at radius 1 is 1.03 bits per heavy atom. The Bertz CT molecular complexity index is 834. The lowest BCUT2D eigenvalue weighted by atomic mass is 9.66. The minimum Gasteiger partial charge on any atom is -0.497 e. The minimum atomic E-state index is -0.572. The van der Waals surface area contributed by atoms with Gasteiger partial charge in [-0.2, -0.15) is 0 Å². The minimum absolute atomic E-state index is 0.135. The van der Waals surface area contributed by atoms with Gasteiger partial charge in [-0.15, -0.1) is 0 Å². The van der Waals surface area contributed by atoms with Gasteiger partial charge in [-0.3, -0.25) is 4.90 Å². The van der Waals surface area contributed by atoms with Crippen molar-refractivity contribution < 1.29 is 14.6 Å². The molecule has 0 spiro atoms. The standard InChI is InChI=1S/C25H33NO3/c1-18-7-9-19(10-8-18)17-26-15-14-25(27)13-5-4-6-22(25)24(26)21-12-11-20(28-2)16-23(21)29-3/h7-12,16,22,24,27H,4-6,13-15,17H2,1-3H3/t22-,24+,25+/m1/s1. The average Bonchev–Trinajstić information content (AvgIpc) is 2.75. The molecule has 1 heterocycles. The molecule has 0 unspecified atom stereocenters. The summed E-state index contributed by atoms with van der Waals surface area (Å²) in [5.41, 5.74) is 3.18. The van der Waals surface area contributed by atoms with Crippen molar-refractivity contribution in [3.05, 3.63) is 59.2 Å². The predicted octanol–water partition coefficient (Wildman–Crippen LogP) is 4.88. The molecule has 0 radical (unpaired) electrons. The number of benzene rings is 2. The molecule has 1 saturated carbocycles. The topological polar surface area (TPSA) is 41.9 Å². The van der Waals surface area contributed by atoms with E-state index < -0.39 is 5.60 Å². The van der Waals surface area contributed by atoms with Gasteiger partial charge in [0.15, 0.2) is 0 Å². The third-order valence-electron chi connectivity index (χ3n) is 6.94. The van der Waals surface area contributed by atoms with Crippen molar-refractivity contribution in [2.24, 2.45) is 5.92 Å². The van der Waals surface area contributed by atoms with Crippen LogP contribution in [0, 0.1) is 12.8 Å². The summed E-state index contributed by atoms with van der Waals surface area (Å²) in [7, 11) is 3.40. The van der Waals surface area contributed by atoms with Crippen LogP contribution in [0.2, 0.25) is 0 Å². The van der Waals surface area contributed by atoms with Crippen molar-refractivity contribution in [2.75, 3.05) is 20.8 Å². The smallest absolute Gasteiger partial charge is 0.127 e.